The lowest BCUT2D eigenvalue weighted by Gasteiger charge is -1.98. The first-order chi connectivity index (χ1) is 9.72. The average molecular weight is 272 g/mol. The average Bonchev–Trinajstić information content (AvgIpc) is 3.04. The Labute approximate surface area is 113 Å². The van der Waals surface area contributed by atoms with E-state index in [1.54, 1.807) is 0 Å². The highest BCUT2D eigenvalue weighted by molar-refractivity contribution is 5.85. The van der Waals surface area contributed by atoms with Gasteiger partial charge in [0.05, 0.1) is 11.0 Å². The van der Waals surface area contributed by atoms with Crippen molar-refractivity contribution >= 4 is 23.0 Å². The Morgan fingerprint density at radius 2 is 2.20 bits per heavy atom. The number of fused-ring (bicyclic) bond motifs is 1. The Morgan fingerprint density at radius 1 is 1.35 bits per heavy atom. The van der Waals surface area contributed by atoms with E-state index in [4.69, 9.17) is 9.52 Å². The second kappa shape index (κ2) is 5.04. The molecule has 0 atom stereocenters. The van der Waals surface area contributed by atoms with E-state index in [9.17, 15) is 4.79 Å². The molecule has 0 radical (unpaired) electrons. The van der Waals surface area contributed by atoms with Crippen LogP contribution in [-0.4, -0.2) is 32.6 Å². The molecule has 20 heavy (non-hydrogen) atoms. The maximum atomic E-state index is 10.6. The van der Waals surface area contributed by atoms with Crippen molar-refractivity contribution in [3.63, 3.8) is 0 Å². The fraction of sp³-hybridized carbons (Fsp3) is 0.154. The van der Waals surface area contributed by atoms with Crippen molar-refractivity contribution in [3.8, 4) is 0 Å². The normalized spacial score (nSPS) is 10.8. The zero-order chi connectivity index (χ0) is 13.9. The van der Waals surface area contributed by atoms with E-state index in [1.165, 1.54) is 0 Å². The van der Waals surface area contributed by atoms with Gasteiger partial charge in [0.15, 0.2) is 5.69 Å². The molecule has 3 N–H and O–H groups in total. The number of carboxylic acids is 1. The predicted molar refractivity (Wildman–Crippen MR) is 71.7 cm³/mol. The Kier molecular flexibility index (Phi) is 3.08. The lowest BCUT2D eigenvalue weighted by atomic mass is 10.3. The summed E-state index contributed by atoms with van der Waals surface area (Å²) in [7, 11) is 0. The predicted octanol–water partition coefficient (Wildman–Crippen LogP) is 1.90. The number of H-pyrrole nitrogens is 1. The molecule has 2 aromatic heterocycles. The Balaban J connectivity index is 1.60. The number of carbonyl (C=O) groups is 1. The standard InChI is InChI=1S/C13H12N4O3/c18-12(19)10-7-20-13(17-10)14-6-5-11-15-8-3-1-2-4-9(8)16-11/h1-4,7H,5-6H2,(H,14,17)(H,15,16)(H,18,19). The Hall–Kier alpha value is -2.83. The van der Waals surface area contributed by atoms with E-state index in [1.807, 2.05) is 24.3 Å². The van der Waals surface area contributed by atoms with Crippen molar-refractivity contribution in [3.05, 3.63) is 42.0 Å². The second-order valence-electron chi connectivity index (χ2n) is 4.22. The van der Waals surface area contributed by atoms with Crippen molar-refractivity contribution in [2.24, 2.45) is 0 Å². The number of nitrogens with one attached hydrogen (secondary N) is 2. The number of nitrogens with zero attached hydrogens (tertiary/aromatic N) is 2. The van der Waals surface area contributed by atoms with Gasteiger partial charge in [0.1, 0.15) is 12.1 Å². The van der Waals surface area contributed by atoms with Crippen LogP contribution < -0.4 is 5.32 Å². The molecule has 0 fully saturated rings. The molecule has 7 heteroatoms. The number of carboxylic acid groups (broad SMARTS) is 1. The molecule has 0 saturated carbocycles. The largest absolute Gasteiger partial charge is 0.476 e. The number of benzene rings is 1. The first kappa shape index (κ1) is 12.2. The van der Waals surface area contributed by atoms with Gasteiger partial charge in [-0.1, -0.05) is 12.1 Å². The third-order valence-corrected chi connectivity index (χ3v) is 2.80. The smallest absolute Gasteiger partial charge is 0.357 e. The third-order valence-electron chi connectivity index (χ3n) is 2.80. The van der Waals surface area contributed by atoms with E-state index in [2.05, 4.69) is 20.3 Å². The highest BCUT2D eigenvalue weighted by atomic mass is 16.4. The van der Waals surface area contributed by atoms with Gasteiger partial charge >= 0.3 is 5.97 Å². The molecule has 0 bridgehead atoms. The monoisotopic (exact) mass is 272 g/mol. The number of oxazole rings is 1. The van der Waals surface area contributed by atoms with E-state index in [-0.39, 0.29) is 11.7 Å². The lowest BCUT2D eigenvalue weighted by Crippen LogP contribution is -2.06. The van der Waals surface area contributed by atoms with Crippen molar-refractivity contribution in [2.45, 2.75) is 6.42 Å². The van der Waals surface area contributed by atoms with Gasteiger partial charge < -0.3 is 19.8 Å². The van der Waals surface area contributed by atoms with Gasteiger partial charge in [-0.3, -0.25) is 0 Å². The number of aromatic carboxylic acids is 1. The fourth-order valence-electron chi connectivity index (χ4n) is 1.87. The van der Waals surface area contributed by atoms with Crippen LogP contribution in [0.25, 0.3) is 11.0 Å². The third kappa shape index (κ3) is 2.46. The first-order valence-corrected chi connectivity index (χ1v) is 6.09. The first-order valence-electron chi connectivity index (χ1n) is 6.09. The van der Waals surface area contributed by atoms with Crippen LogP contribution in [0.15, 0.2) is 34.9 Å². The molecule has 102 valence electrons. The van der Waals surface area contributed by atoms with Crippen molar-refractivity contribution in [1.29, 1.82) is 0 Å². The molecule has 0 aliphatic carbocycles. The van der Waals surface area contributed by atoms with Crippen LogP contribution in [0.2, 0.25) is 0 Å². The summed E-state index contributed by atoms with van der Waals surface area (Å²) in [6.07, 6.45) is 1.76. The number of hydrogen-bond donors (Lipinski definition) is 3. The van der Waals surface area contributed by atoms with Crippen molar-refractivity contribution < 1.29 is 14.3 Å². The van der Waals surface area contributed by atoms with Crippen LogP contribution in [0, 0.1) is 0 Å². The van der Waals surface area contributed by atoms with Crippen molar-refractivity contribution in [1.82, 2.24) is 15.0 Å². The van der Waals surface area contributed by atoms with Gasteiger partial charge in [-0.2, -0.15) is 4.98 Å². The summed E-state index contributed by atoms with van der Waals surface area (Å²) in [4.78, 5) is 22.1. The highest BCUT2D eigenvalue weighted by Gasteiger charge is 2.10. The number of imidazole rings is 1. The molecule has 3 rings (SSSR count). The summed E-state index contributed by atoms with van der Waals surface area (Å²) in [5.74, 6) is -0.261. The SMILES string of the molecule is O=C(O)c1coc(NCCc2nc3ccccc3[nH]2)n1. The van der Waals surface area contributed by atoms with Crippen LogP contribution in [-0.2, 0) is 6.42 Å². The van der Waals surface area contributed by atoms with Gasteiger partial charge in [0.2, 0.25) is 0 Å². The van der Waals surface area contributed by atoms with Crippen LogP contribution in [0.4, 0.5) is 6.01 Å². The summed E-state index contributed by atoms with van der Waals surface area (Å²) in [5.41, 5.74) is 1.80. The molecule has 2 heterocycles. The van der Waals surface area contributed by atoms with Gasteiger partial charge in [-0.05, 0) is 12.1 Å². The van der Waals surface area contributed by atoms with Gasteiger partial charge in [-0.25, -0.2) is 9.78 Å². The number of aromatic nitrogens is 3. The maximum Gasteiger partial charge on any atom is 0.357 e. The molecule has 0 saturated heterocycles. The Morgan fingerprint density at radius 3 is 2.95 bits per heavy atom. The van der Waals surface area contributed by atoms with E-state index in [0.717, 1.165) is 23.1 Å². The van der Waals surface area contributed by atoms with Crippen LogP contribution in [0.1, 0.15) is 16.3 Å². The number of hydrogen-bond acceptors (Lipinski definition) is 5. The number of anilines is 1. The van der Waals surface area contributed by atoms with E-state index >= 15 is 0 Å². The molecule has 0 unspecified atom stereocenters. The fourth-order valence-corrected chi connectivity index (χ4v) is 1.87. The molecule has 0 amide bonds. The molecular weight excluding hydrogens is 260 g/mol. The maximum absolute atomic E-state index is 10.6. The van der Waals surface area contributed by atoms with E-state index in [0.29, 0.717) is 13.0 Å². The van der Waals surface area contributed by atoms with Crippen LogP contribution >= 0.6 is 0 Å². The zero-order valence-electron chi connectivity index (χ0n) is 10.5. The summed E-state index contributed by atoms with van der Waals surface area (Å²) in [6, 6.07) is 7.98. The second-order valence-corrected chi connectivity index (χ2v) is 4.22. The quantitative estimate of drug-likeness (QED) is 0.655. The van der Waals surface area contributed by atoms with Crippen LogP contribution in [0.5, 0.6) is 0 Å². The van der Waals surface area contributed by atoms with E-state index < -0.39 is 5.97 Å². The molecule has 3 aromatic rings. The Bertz CT molecular complexity index is 714. The number of rotatable bonds is 5. The summed E-state index contributed by atoms with van der Waals surface area (Å²) in [6.45, 7) is 0.541. The zero-order valence-corrected chi connectivity index (χ0v) is 10.5. The number of aromatic amines is 1. The summed E-state index contributed by atoms with van der Waals surface area (Å²) >= 11 is 0. The minimum atomic E-state index is -1.11. The van der Waals surface area contributed by atoms with Crippen LogP contribution in [0.3, 0.4) is 0 Å². The highest BCUT2D eigenvalue weighted by Crippen LogP contribution is 2.11. The molecule has 7 nitrogen and oxygen atoms in total. The topological polar surface area (TPSA) is 104 Å². The lowest BCUT2D eigenvalue weighted by molar-refractivity contribution is 0.0690. The van der Waals surface area contributed by atoms with Gasteiger partial charge in [0.25, 0.3) is 6.01 Å². The minimum Gasteiger partial charge on any atom is -0.476 e. The summed E-state index contributed by atoms with van der Waals surface area (Å²) < 4.78 is 4.99. The molecule has 1 aromatic carbocycles. The molecule has 0 aliphatic heterocycles. The molecule has 0 aliphatic rings. The van der Waals surface area contributed by atoms with Gasteiger partial charge in [-0.15, -0.1) is 0 Å². The minimum absolute atomic E-state index is 0.115. The molecular formula is C13H12N4O3. The summed E-state index contributed by atoms with van der Waals surface area (Å²) in [5, 5.41) is 11.6. The number of para-hydroxylation sites is 2. The van der Waals surface area contributed by atoms with Crippen molar-refractivity contribution in [2.75, 3.05) is 11.9 Å². The molecule has 0 spiro atoms. The van der Waals surface area contributed by atoms with Gasteiger partial charge in [0, 0.05) is 13.0 Å².